The third kappa shape index (κ3) is 1.71. The normalized spacial score (nSPS) is 14.2. The topological polar surface area (TPSA) is 20.5 Å². The van der Waals surface area contributed by atoms with Crippen molar-refractivity contribution in [3.05, 3.63) is 46.9 Å². The van der Waals surface area contributed by atoms with E-state index in [9.17, 15) is 4.39 Å². The van der Waals surface area contributed by atoms with Crippen molar-refractivity contribution in [2.75, 3.05) is 11.4 Å². The van der Waals surface area contributed by atoms with Crippen LogP contribution in [0.1, 0.15) is 11.3 Å². The largest absolute Gasteiger partial charge is 0.324 e. The van der Waals surface area contributed by atoms with E-state index in [1.54, 1.807) is 17.4 Å². The van der Waals surface area contributed by atoms with Gasteiger partial charge in [0.25, 0.3) is 0 Å². The number of imidazole rings is 1. The summed E-state index contributed by atoms with van der Waals surface area (Å²) in [5.74, 6) is 0.732. The second-order valence-corrected chi connectivity index (χ2v) is 6.18. The lowest BCUT2D eigenvalue weighted by molar-refractivity contribution is 0.628. The first-order valence-electron chi connectivity index (χ1n) is 6.34. The highest BCUT2D eigenvalue weighted by atomic mass is 79.9. The van der Waals surface area contributed by atoms with Crippen LogP contribution in [0.25, 0.3) is 4.96 Å². The standard InChI is InChI=1S/C14H11BrFN3S/c15-8-12-13(17-14-19(12)5-6-20-14)18-4-3-9-1-2-10(16)7-11(9)18/h1-2,5-7H,3-4,8H2. The molecule has 102 valence electrons. The van der Waals surface area contributed by atoms with Crippen molar-refractivity contribution in [1.29, 1.82) is 0 Å². The lowest BCUT2D eigenvalue weighted by Crippen LogP contribution is -2.15. The van der Waals surface area contributed by atoms with E-state index < -0.39 is 0 Å². The van der Waals surface area contributed by atoms with Crippen molar-refractivity contribution >= 4 is 43.7 Å². The molecule has 1 aliphatic heterocycles. The quantitative estimate of drug-likeness (QED) is 0.647. The molecule has 0 N–H and O–H groups in total. The highest BCUT2D eigenvalue weighted by Crippen LogP contribution is 2.37. The maximum atomic E-state index is 13.5. The number of hydrogen-bond acceptors (Lipinski definition) is 3. The number of hydrogen-bond donors (Lipinski definition) is 0. The third-order valence-electron chi connectivity index (χ3n) is 3.67. The van der Waals surface area contributed by atoms with Crippen molar-refractivity contribution < 1.29 is 4.39 Å². The number of fused-ring (bicyclic) bond motifs is 2. The zero-order chi connectivity index (χ0) is 13.7. The van der Waals surface area contributed by atoms with E-state index in [0.29, 0.717) is 0 Å². The minimum absolute atomic E-state index is 0.197. The van der Waals surface area contributed by atoms with Crippen LogP contribution in [-0.4, -0.2) is 15.9 Å². The average molecular weight is 352 g/mol. The van der Waals surface area contributed by atoms with Gasteiger partial charge < -0.3 is 4.90 Å². The van der Waals surface area contributed by atoms with Crippen LogP contribution < -0.4 is 4.90 Å². The summed E-state index contributed by atoms with van der Waals surface area (Å²) in [6.07, 6.45) is 2.96. The van der Waals surface area contributed by atoms with E-state index in [2.05, 4.69) is 25.2 Å². The van der Waals surface area contributed by atoms with Crippen LogP contribution in [0, 0.1) is 5.82 Å². The van der Waals surface area contributed by atoms with Crippen LogP contribution in [0.15, 0.2) is 29.8 Å². The predicted molar refractivity (Wildman–Crippen MR) is 82.8 cm³/mol. The van der Waals surface area contributed by atoms with Crippen LogP contribution in [0.3, 0.4) is 0 Å². The van der Waals surface area contributed by atoms with Gasteiger partial charge in [-0.3, -0.25) is 4.40 Å². The van der Waals surface area contributed by atoms with Gasteiger partial charge in [-0.1, -0.05) is 22.0 Å². The number of nitrogens with zero attached hydrogens (tertiary/aromatic N) is 3. The van der Waals surface area contributed by atoms with Gasteiger partial charge >= 0.3 is 0 Å². The number of halogens is 2. The molecule has 1 aromatic carbocycles. The van der Waals surface area contributed by atoms with Crippen LogP contribution in [0.2, 0.25) is 0 Å². The van der Waals surface area contributed by atoms with Crippen molar-refractivity contribution in [3.8, 4) is 0 Å². The molecule has 0 radical (unpaired) electrons. The van der Waals surface area contributed by atoms with Crippen molar-refractivity contribution in [2.45, 2.75) is 11.8 Å². The molecule has 1 aliphatic rings. The first-order valence-corrected chi connectivity index (χ1v) is 8.34. The molecule has 0 bridgehead atoms. The molecule has 6 heteroatoms. The smallest absolute Gasteiger partial charge is 0.195 e. The second-order valence-electron chi connectivity index (χ2n) is 4.75. The number of rotatable bonds is 2. The molecule has 0 amide bonds. The first-order chi connectivity index (χ1) is 9.78. The van der Waals surface area contributed by atoms with Gasteiger partial charge in [0, 0.05) is 29.1 Å². The first kappa shape index (κ1) is 12.3. The number of aromatic nitrogens is 2. The summed E-state index contributed by atoms with van der Waals surface area (Å²) in [4.78, 5) is 7.80. The van der Waals surface area contributed by atoms with E-state index >= 15 is 0 Å². The van der Waals surface area contributed by atoms with E-state index in [1.165, 1.54) is 11.6 Å². The fourth-order valence-electron chi connectivity index (χ4n) is 2.73. The van der Waals surface area contributed by atoms with Crippen LogP contribution in [0.4, 0.5) is 15.9 Å². The van der Waals surface area contributed by atoms with E-state index in [0.717, 1.165) is 40.5 Å². The summed E-state index contributed by atoms with van der Waals surface area (Å²) in [5, 5.41) is 2.75. The fraction of sp³-hybridized carbons (Fsp3) is 0.214. The van der Waals surface area contributed by atoms with Crippen molar-refractivity contribution in [2.24, 2.45) is 0 Å². The second kappa shape index (κ2) is 4.56. The van der Waals surface area contributed by atoms with Gasteiger partial charge in [-0.2, -0.15) is 0 Å². The Hall–Kier alpha value is -1.40. The molecule has 0 aliphatic carbocycles. The summed E-state index contributed by atoms with van der Waals surface area (Å²) in [5.41, 5.74) is 3.24. The molecular formula is C14H11BrFN3S. The van der Waals surface area contributed by atoms with E-state index in [-0.39, 0.29) is 5.82 Å². The number of alkyl halides is 1. The lowest BCUT2D eigenvalue weighted by atomic mass is 10.2. The molecule has 3 aromatic rings. The molecule has 0 saturated heterocycles. The molecule has 20 heavy (non-hydrogen) atoms. The summed E-state index contributed by atoms with van der Waals surface area (Å²) in [6, 6.07) is 5.00. The highest BCUT2D eigenvalue weighted by Gasteiger charge is 2.26. The molecule has 4 rings (SSSR count). The summed E-state index contributed by atoms with van der Waals surface area (Å²) >= 11 is 5.15. The van der Waals surface area contributed by atoms with Gasteiger partial charge in [0.15, 0.2) is 10.8 Å². The molecule has 2 aromatic heterocycles. The third-order valence-corrected chi connectivity index (χ3v) is 4.95. The molecular weight excluding hydrogens is 341 g/mol. The van der Waals surface area contributed by atoms with Gasteiger partial charge in [-0.15, -0.1) is 11.3 Å². The number of benzene rings is 1. The summed E-state index contributed by atoms with van der Waals surface area (Å²) < 4.78 is 15.6. The van der Waals surface area contributed by atoms with Crippen molar-refractivity contribution in [1.82, 2.24) is 9.38 Å². The Morgan fingerprint density at radius 3 is 3.15 bits per heavy atom. The van der Waals surface area contributed by atoms with Gasteiger partial charge in [-0.05, 0) is 24.1 Å². The average Bonchev–Trinajstić information content (AvgIpc) is 3.09. The Balaban J connectivity index is 1.89. The molecule has 0 fully saturated rings. The minimum atomic E-state index is -0.197. The summed E-state index contributed by atoms with van der Waals surface area (Å²) in [7, 11) is 0. The molecule has 0 saturated carbocycles. The van der Waals surface area contributed by atoms with Crippen LogP contribution in [-0.2, 0) is 11.8 Å². The lowest BCUT2D eigenvalue weighted by Gasteiger charge is -2.18. The van der Waals surface area contributed by atoms with Gasteiger partial charge in [0.1, 0.15) is 5.82 Å². The predicted octanol–water partition coefficient (Wildman–Crippen LogP) is 4.12. The Kier molecular flexibility index (Phi) is 2.82. The van der Waals surface area contributed by atoms with Gasteiger partial charge in [0.05, 0.1) is 5.69 Å². The molecule has 3 nitrogen and oxygen atoms in total. The maximum Gasteiger partial charge on any atom is 0.195 e. The molecule has 0 atom stereocenters. The molecule has 3 heterocycles. The molecule has 0 spiro atoms. The zero-order valence-corrected chi connectivity index (χ0v) is 12.9. The Morgan fingerprint density at radius 2 is 2.30 bits per heavy atom. The monoisotopic (exact) mass is 351 g/mol. The maximum absolute atomic E-state index is 13.5. The highest BCUT2D eigenvalue weighted by molar-refractivity contribution is 9.08. The zero-order valence-electron chi connectivity index (χ0n) is 10.5. The molecule has 0 unspecified atom stereocenters. The van der Waals surface area contributed by atoms with Crippen LogP contribution >= 0.6 is 27.3 Å². The Labute approximate surface area is 127 Å². The minimum Gasteiger partial charge on any atom is -0.324 e. The van der Waals surface area contributed by atoms with Gasteiger partial charge in [0.2, 0.25) is 0 Å². The Bertz CT molecular complexity index is 795. The van der Waals surface area contributed by atoms with Crippen molar-refractivity contribution in [3.63, 3.8) is 0 Å². The van der Waals surface area contributed by atoms with E-state index in [4.69, 9.17) is 4.98 Å². The number of anilines is 2. The van der Waals surface area contributed by atoms with E-state index in [1.807, 2.05) is 17.6 Å². The number of thiazole rings is 1. The van der Waals surface area contributed by atoms with Gasteiger partial charge in [-0.25, -0.2) is 9.37 Å². The Morgan fingerprint density at radius 1 is 1.40 bits per heavy atom. The SMILES string of the molecule is Fc1ccc2c(c1)N(c1nc3sccn3c1CBr)CC2. The fourth-order valence-corrected chi connectivity index (χ4v) is 3.98. The summed E-state index contributed by atoms with van der Waals surface area (Å²) in [6.45, 7) is 0.851. The van der Waals surface area contributed by atoms with Crippen LogP contribution in [0.5, 0.6) is 0 Å².